The van der Waals surface area contributed by atoms with E-state index in [1.165, 1.54) is 6.08 Å². The van der Waals surface area contributed by atoms with Gasteiger partial charge in [0.2, 0.25) is 0 Å². The van der Waals surface area contributed by atoms with Crippen molar-refractivity contribution in [2.75, 3.05) is 6.61 Å². The van der Waals surface area contributed by atoms with Gasteiger partial charge in [0.05, 0.1) is 6.61 Å². The summed E-state index contributed by atoms with van der Waals surface area (Å²) in [4.78, 5) is 14.2. The van der Waals surface area contributed by atoms with Crippen molar-refractivity contribution in [3.05, 3.63) is 42.1 Å². The van der Waals surface area contributed by atoms with Crippen LogP contribution in [0.15, 0.2) is 36.5 Å². The number of benzene rings is 1. The van der Waals surface area contributed by atoms with Gasteiger partial charge in [-0.25, -0.2) is 4.79 Å². The number of ether oxygens (including phenoxy) is 1. The molecule has 0 spiro atoms. The summed E-state index contributed by atoms with van der Waals surface area (Å²) in [7, 11) is 0. The van der Waals surface area contributed by atoms with Crippen LogP contribution < -0.4 is 0 Å². The lowest BCUT2D eigenvalue weighted by Crippen LogP contribution is -1.98. The fraction of sp³-hybridized carbons (Fsp3) is 0.154. The summed E-state index contributed by atoms with van der Waals surface area (Å²) in [5.41, 5.74) is 2.04. The molecule has 0 radical (unpaired) electrons. The van der Waals surface area contributed by atoms with Crippen LogP contribution in [-0.4, -0.2) is 17.6 Å². The molecule has 0 aliphatic rings. The maximum Gasteiger partial charge on any atom is 0.330 e. The van der Waals surface area contributed by atoms with Gasteiger partial charge in [-0.1, -0.05) is 12.1 Å². The van der Waals surface area contributed by atoms with Crippen molar-refractivity contribution in [3.8, 4) is 0 Å². The van der Waals surface area contributed by atoms with E-state index in [9.17, 15) is 4.79 Å². The van der Waals surface area contributed by atoms with Crippen LogP contribution >= 0.6 is 0 Å². The first kappa shape index (κ1) is 10.5. The number of fused-ring (bicyclic) bond motifs is 1. The smallest absolute Gasteiger partial charge is 0.330 e. The fourth-order valence-corrected chi connectivity index (χ4v) is 1.52. The summed E-state index contributed by atoms with van der Waals surface area (Å²) < 4.78 is 4.80. The number of aromatic nitrogens is 1. The molecule has 0 atom stereocenters. The lowest BCUT2D eigenvalue weighted by Gasteiger charge is -1.96. The number of hydrogen-bond donors (Lipinski definition) is 1. The van der Waals surface area contributed by atoms with E-state index in [-0.39, 0.29) is 5.97 Å². The number of carbonyl (C=O) groups excluding carboxylic acids is 1. The van der Waals surface area contributed by atoms with E-state index >= 15 is 0 Å². The zero-order chi connectivity index (χ0) is 11.4. The van der Waals surface area contributed by atoms with E-state index < -0.39 is 0 Å². The Bertz CT molecular complexity index is 525. The average Bonchev–Trinajstić information content (AvgIpc) is 2.74. The second-order valence-corrected chi connectivity index (χ2v) is 3.41. The van der Waals surface area contributed by atoms with Crippen molar-refractivity contribution in [1.82, 2.24) is 4.98 Å². The third kappa shape index (κ3) is 2.31. The van der Waals surface area contributed by atoms with Crippen molar-refractivity contribution in [3.63, 3.8) is 0 Å². The van der Waals surface area contributed by atoms with Crippen LogP contribution in [0.5, 0.6) is 0 Å². The Balaban J connectivity index is 2.17. The lowest BCUT2D eigenvalue weighted by molar-refractivity contribution is -0.137. The second-order valence-electron chi connectivity index (χ2n) is 3.41. The van der Waals surface area contributed by atoms with E-state index in [1.54, 1.807) is 13.0 Å². The van der Waals surface area contributed by atoms with Crippen LogP contribution in [0.4, 0.5) is 0 Å². The van der Waals surface area contributed by atoms with Gasteiger partial charge in [0.15, 0.2) is 0 Å². The first-order chi connectivity index (χ1) is 7.79. The Labute approximate surface area is 93.7 Å². The number of aromatic amines is 1. The van der Waals surface area contributed by atoms with E-state index in [0.29, 0.717) is 6.61 Å². The number of hydrogen-bond acceptors (Lipinski definition) is 2. The van der Waals surface area contributed by atoms with Gasteiger partial charge in [0, 0.05) is 17.8 Å². The van der Waals surface area contributed by atoms with Crippen LogP contribution in [0.3, 0.4) is 0 Å². The van der Waals surface area contributed by atoms with E-state index in [0.717, 1.165) is 16.5 Å². The molecule has 1 aromatic heterocycles. The summed E-state index contributed by atoms with van der Waals surface area (Å²) in [5, 5.41) is 1.16. The molecule has 1 N–H and O–H groups in total. The molecule has 0 bridgehead atoms. The number of rotatable bonds is 3. The highest BCUT2D eigenvalue weighted by atomic mass is 16.5. The molecule has 0 amide bonds. The van der Waals surface area contributed by atoms with Crippen LogP contribution in [0.2, 0.25) is 0 Å². The molecule has 2 rings (SSSR count). The zero-order valence-electron chi connectivity index (χ0n) is 9.07. The number of H-pyrrole nitrogens is 1. The summed E-state index contributed by atoms with van der Waals surface area (Å²) in [5.74, 6) is -0.311. The van der Waals surface area contributed by atoms with Gasteiger partial charge in [-0.2, -0.15) is 0 Å². The molecule has 0 saturated carbocycles. The molecule has 1 aromatic carbocycles. The summed E-state index contributed by atoms with van der Waals surface area (Å²) in [6.07, 6.45) is 5.08. The summed E-state index contributed by atoms with van der Waals surface area (Å²) in [6, 6.07) is 7.97. The molecule has 0 fully saturated rings. The molecule has 3 nitrogen and oxygen atoms in total. The predicted molar refractivity (Wildman–Crippen MR) is 64.0 cm³/mol. The molecule has 0 aliphatic heterocycles. The van der Waals surface area contributed by atoms with Gasteiger partial charge in [0.1, 0.15) is 0 Å². The van der Waals surface area contributed by atoms with Gasteiger partial charge in [-0.15, -0.1) is 0 Å². The molecule has 1 heterocycles. The molecular formula is C13H13NO2. The lowest BCUT2D eigenvalue weighted by atomic mass is 10.1. The minimum absolute atomic E-state index is 0.311. The molecule has 0 unspecified atom stereocenters. The largest absolute Gasteiger partial charge is 0.463 e. The Morgan fingerprint density at radius 1 is 1.44 bits per heavy atom. The summed E-state index contributed by atoms with van der Waals surface area (Å²) in [6.45, 7) is 2.19. The van der Waals surface area contributed by atoms with Crippen LogP contribution in [-0.2, 0) is 9.53 Å². The molecule has 82 valence electrons. The molecule has 0 saturated heterocycles. The normalized spacial score (nSPS) is 11.1. The first-order valence-corrected chi connectivity index (χ1v) is 5.21. The van der Waals surface area contributed by atoms with E-state index in [1.807, 2.05) is 30.5 Å². The highest BCUT2D eigenvalue weighted by molar-refractivity contribution is 5.88. The Morgan fingerprint density at radius 3 is 3.12 bits per heavy atom. The van der Waals surface area contributed by atoms with Crippen LogP contribution in [0, 0.1) is 0 Å². The van der Waals surface area contributed by atoms with Gasteiger partial charge in [0.25, 0.3) is 0 Å². The predicted octanol–water partition coefficient (Wildman–Crippen LogP) is 2.74. The second kappa shape index (κ2) is 4.66. The number of carbonyl (C=O) groups is 1. The molecule has 16 heavy (non-hydrogen) atoms. The fourth-order valence-electron chi connectivity index (χ4n) is 1.52. The van der Waals surface area contributed by atoms with Crippen molar-refractivity contribution < 1.29 is 9.53 Å². The maximum absolute atomic E-state index is 11.1. The molecule has 2 aromatic rings. The minimum Gasteiger partial charge on any atom is -0.463 e. The third-order valence-electron chi connectivity index (χ3n) is 2.28. The van der Waals surface area contributed by atoms with E-state index in [2.05, 4.69) is 4.98 Å². The van der Waals surface area contributed by atoms with Crippen LogP contribution in [0.1, 0.15) is 12.5 Å². The van der Waals surface area contributed by atoms with Gasteiger partial charge < -0.3 is 9.72 Å². The highest BCUT2D eigenvalue weighted by Crippen LogP contribution is 2.14. The highest BCUT2D eigenvalue weighted by Gasteiger charge is 1.96. The Kier molecular flexibility index (Phi) is 3.05. The number of nitrogens with one attached hydrogen (secondary N) is 1. The van der Waals surface area contributed by atoms with Crippen molar-refractivity contribution >= 4 is 22.9 Å². The topological polar surface area (TPSA) is 42.1 Å². The standard InChI is InChI=1S/C13H13NO2/c1-2-16-13(15)6-4-10-3-5-11-7-8-14-12(11)9-10/h3-9,14H,2H2,1H3. The van der Waals surface area contributed by atoms with Crippen LogP contribution in [0.25, 0.3) is 17.0 Å². The average molecular weight is 215 g/mol. The van der Waals surface area contributed by atoms with Crippen molar-refractivity contribution in [2.45, 2.75) is 6.92 Å². The van der Waals surface area contributed by atoms with Crippen molar-refractivity contribution in [1.29, 1.82) is 0 Å². The number of esters is 1. The molecule has 0 aliphatic carbocycles. The zero-order valence-corrected chi connectivity index (χ0v) is 9.07. The Hall–Kier alpha value is -2.03. The maximum atomic E-state index is 11.1. The summed E-state index contributed by atoms with van der Waals surface area (Å²) >= 11 is 0. The Morgan fingerprint density at radius 2 is 2.31 bits per heavy atom. The minimum atomic E-state index is -0.311. The van der Waals surface area contributed by atoms with Gasteiger partial charge in [-0.05, 0) is 36.1 Å². The van der Waals surface area contributed by atoms with Gasteiger partial charge >= 0.3 is 5.97 Å². The molecular weight excluding hydrogens is 202 g/mol. The first-order valence-electron chi connectivity index (χ1n) is 5.21. The quantitative estimate of drug-likeness (QED) is 0.631. The van der Waals surface area contributed by atoms with E-state index in [4.69, 9.17) is 4.74 Å². The molecule has 3 heteroatoms. The third-order valence-corrected chi connectivity index (χ3v) is 2.28. The van der Waals surface area contributed by atoms with Gasteiger partial charge in [-0.3, -0.25) is 0 Å². The monoisotopic (exact) mass is 215 g/mol. The van der Waals surface area contributed by atoms with Crippen molar-refractivity contribution in [2.24, 2.45) is 0 Å². The SMILES string of the molecule is CCOC(=O)C=Cc1ccc2cc[nH]c2c1.